The third kappa shape index (κ3) is 4.37. The third-order valence-electron chi connectivity index (χ3n) is 3.19. The molecule has 19 heavy (non-hydrogen) atoms. The van der Waals surface area contributed by atoms with Crippen LogP contribution in [0, 0.1) is 0 Å². The normalized spacial score (nSPS) is 11.4. The fourth-order valence-corrected chi connectivity index (χ4v) is 1.43. The number of benzene rings is 1. The van der Waals surface area contributed by atoms with Crippen molar-refractivity contribution >= 4 is 11.9 Å². The molecule has 1 aromatic rings. The maximum absolute atomic E-state index is 11.8. The van der Waals surface area contributed by atoms with Crippen molar-refractivity contribution in [2.75, 3.05) is 13.6 Å². The molecule has 1 amide bonds. The Morgan fingerprint density at radius 2 is 1.84 bits per heavy atom. The number of carbonyl (C=O) groups is 2. The van der Waals surface area contributed by atoms with E-state index in [9.17, 15) is 9.59 Å². The highest BCUT2D eigenvalue weighted by molar-refractivity contribution is 5.81. The predicted molar refractivity (Wildman–Crippen MR) is 72.6 cm³/mol. The van der Waals surface area contributed by atoms with Crippen LogP contribution in [0.3, 0.4) is 0 Å². The van der Waals surface area contributed by atoms with Gasteiger partial charge in [-0.2, -0.15) is 0 Å². The molecule has 1 rings (SSSR count). The average Bonchev–Trinajstić information content (AvgIpc) is 2.37. The van der Waals surface area contributed by atoms with E-state index in [0.717, 1.165) is 5.56 Å². The number of hydrogen-bond donors (Lipinski definition) is 2. The van der Waals surface area contributed by atoms with E-state index in [2.05, 4.69) is 5.32 Å². The first-order chi connectivity index (χ1) is 8.84. The number of nitrogens with zero attached hydrogens (tertiary/aromatic N) is 1. The highest BCUT2D eigenvalue weighted by Gasteiger charge is 2.32. The summed E-state index contributed by atoms with van der Waals surface area (Å²) in [6, 6.07) is 9.56. The summed E-state index contributed by atoms with van der Waals surface area (Å²) in [6.07, 6.45) is 0. The number of hydrogen-bond acceptors (Lipinski definition) is 3. The van der Waals surface area contributed by atoms with E-state index in [1.165, 1.54) is 4.90 Å². The number of carboxylic acids is 1. The van der Waals surface area contributed by atoms with Gasteiger partial charge < -0.3 is 10.4 Å². The number of rotatable bonds is 6. The van der Waals surface area contributed by atoms with Crippen LogP contribution in [0.15, 0.2) is 30.3 Å². The molecule has 0 aliphatic rings. The van der Waals surface area contributed by atoms with E-state index < -0.39 is 11.5 Å². The molecule has 5 nitrogen and oxygen atoms in total. The van der Waals surface area contributed by atoms with E-state index in [4.69, 9.17) is 5.11 Å². The second-order valence-corrected chi connectivity index (χ2v) is 4.98. The Morgan fingerprint density at radius 1 is 1.26 bits per heavy atom. The number of likely N-dealkylation sites (N-methyl/N-ethyl adjacent to an activating group) is 1. The van der Waals surface area contributed by atoms with Gasteiger partial charge >= 0.3 is 5.97 Å². The molecule has 0 aromatic heterocycles. The molecule has 0 radical (unpaired) electrons. The Balaban J connectivity index is 2.46. The standard InChI is InChI=1S/C14H20N2O3/c1-14(2,13(18)19)16(3)10-12(17)15-9-11-7-5-4-6-8-11/h4-8H,9-10H2,1-3H3,(H,15,17)(H,18,19). The van der Waals surface area contributed by atoms with Crippen molar-refractivity contribution in [3.05, 3.63) is 35.9 Å². The lowest BCUT2D eigenvalue weighted by Gasteiger charge is -2.30. The largest absolute Gasteiger partial charge is 0.480 e. The first kappa shape index (κ1) is 15.2. The molecule has 0 saturated carbocycles. The van der Waals surface area contributed by atoms with Crippen LogP contribution in [0.2, 0.25) is 0 Å². The van der Waals surface area contributed by atoms with Crippen molar-refractivity contribution in [2.45, 2.75) is 25.9 Å². The first-order valence-corrected chi connectivity index (χ1v) is 6.09. The number of aliphatic carboxylic acids is 1. The Hall–Kier alpha value is -1.88. The van der Waals surface area contributed by atoms with Crippen LogP contribution in [-0.2, 0) is 16.1 Å². The Morgan fingerprint density at radius 3 is 2.37 bits per heavy atom. The van der Waals surface area contributed by atoms with Gasteiger partial charge in [0.25, 0.3) is 0 Å². The zero-order valence-electron chi connectivity index (χ0n) is 11.5. The third-order valence-corrected chi connectivity index (χ3v) is 3.19. The lowest BCUT2D eigenvalue weighted by Crippen LogP contribution is -2.51. The molecule has 0 unspecified atom stereocenters. The van der Waals surface area contributed by atoms with Gasteiger partial charge in [-0.3, -0.25) is 14.5 Å². The van der Waals surface area contributed by atoms with Gasteiger partial charge in [0.05, 0.1) is 6.54 Å². The highest BCUT2D eigenvalue weighted by Crippen LogP contribution is 2.11. The van der Waals surface area contributed by atoms with Crippen LogP contribution in [0.5, 0.6) is 0 Å². The smallest absolute Gasteiger partial charge is 0.323 e. The molecular weight excluding hydrogens is 244 g/mol. The van der Waals surface area contributed by atoms with Crippen LogP contribution in [0.1, 0.15) is 19.4 Å². The number of amides is 1. The first-order valence-electron chi connectivity index (χ1n) is 6.09. The zero-order chi connectivity index (χ0) is 14.5. The van der Waals surface area contributed by atoms with Gasteiger partial charge in [0.2, 0.25) is 5.91 Å². The second-order valence-electron chi connectivity index (χ2n) is 4.98. The van der Waals surface area contributed by atoms with Crippen LogP contribution >= 0.6 is 0 Å². The second kappa shape index (κ2) is 6.33. The lowest BCUT2D eigenvalue weighted by molar-refractivity contribution is -0.149. The van der Waals surface area contributed by atoms with Gasteiger partial charge in [-0.25, -0.2) is 0 Å². The Bertz CT molecular complexity index is 443. The molecule has 1 aromatic carbocycles. The SMILES string of the molecule is CN(CC(=O)NCc1ccccc1)C(C)(C)C(=O)O. The van der Waals surface area contributed by atoms with E-state index >= 15 is 0 Å². The quantitative estimate of drug-likeness (QED) is 0.807. The van der Waals surface area contributed by atoms with Crippen LogP contribution in [0.25, 0.3) is 0 Å². The molecule has 0 spiro atoms. The minimum Gasteiger partial charge on any atom is -0.480 e. The van der Waals surface area contributed by atoms with Gasteiger partial charge in [0.15, 0.2) is 0 Å². The summed E-state index contributed by atoms with van der Waals surface area (Å²) in [6.45, 7) is 3.63. The fourth-order valence-electron chi connectivity index (χ4n) is 1.43. The molecule has 0 aliphatic carbocycles. The predicted octanol–water partition coefficient (Wildman–Crippen LogP) is 1.10. The van der Waals surface area contributed by atoms with Crippen molar-refractivity contribution in [2.24, 2.45) is 0 Å². The van der Waals surface area contributed by atoms with Gasteiger partial charge in [-0.15, -0.1) is 0 Å². The van der Waals surface area contributed by atoms with Crippen molar-refractivity contribution in [3.63, 3.8) is 0 Å². The van der Waals surface area contributed by atoms with Gasteiger partial charge in [0, 0.05) is 6.54 Å². The van der Waals surface area contributed by atoms with Gasteiger partial charge in [-0.05, 0) is 26.5 Å². The average molecular weight is 264 g/mol. The molecule has 0 saturated heterocycles. The Kier molecular flexibility index (Phi) is 5.06. The molecule has 0 atom stereocenters. The number of nitrogens with one attached hydrogen (secondary N) is 1. The van der Waals surface area contributed by atoms with Crippen LogP contribution in [0.4, 0.5) is 0 Å². The minimum absolute atomic E-state index is 0.0478. The van der Waals surface area contributed by atoms with E-state index in [-0.39, 0.29) is 12.5 Å². The fraction of sp³-hybridized carbons (Fsp3) is 0.429. The maximum atomic E-state index is 11.8. The molecule has 0 fully saturated rings. The van der Waals surface area contributed by atoms with Crippen molar-refractivity contribution in [1.82, 2.24) is 10.2 Å². The molecular formula is C14H20N2O3. The Labute approximate surface area is 113 Å². The summed E-state index contributed by atoms with van der Waals surface area (Å²) in [5, 5.41) is 11.8. The lowest BCUT2D eigenvalue weighted by atomic mass is 10.0. The van der Waals surface area contributed by atoms with Crippen molar-refractivity contribution < 1.29 is 14.7 Å². The summed E-state index contributed by atoms with van der Waals surface area (Å²) in [5.74, 6) is -1.15. The van der Waals surface area contributed by atoms with Crippen LogP contribution in [-0.4, -0.2) is 41.0 Å². The molecule has 5 heteroatoms. The minimum atomic E-state index is -1.07. The zero-order valence-corrected chi connectivity index (χ0v) is 11.5. The van der Waals surface area contributed by atoms with Crippen molar-refractivity contribution in [1.29, 1.82) is 0 Å². The van der Waals surface area contributed by atoms with E-state index in [1.54, 1.807) is 20.9 Å². The molecule has 0 heterocycles. The molecule has 2 N–H and O–H groups in total. The maximum Gasteiger partial charge on any atom is 0.323 e. The molecule has 0 aliphatic heterocycles. The monoisotopic (exact) mass is 264 g/mol. The summed E-state index contributed by atoms with van der Waals surface area (Å²) in [5.41, 5.74) is -0.0552. The van der Waals surface area contributed by atoms with Crippen molar-refractivity contribution in [3.8, 4) is 0 Å². The highest BCUT2D eigenvalue weighted by atomic mass is 16.4. The number of carbonyl (C=O) groups excluding carboxylic acids is 1. The summed E-state index contributed by atoms with van der Waals surface area (Å²) in [7, 11) is 1.62. The summed E-state index contributed by atoms with van der Waals surface area (Å²) in [4.78, 5) is 24.3. The summed E-state index contributed by atoms with van der Waals surface area (Å²) < 4.78 is 0. The van der Waals surface area contributed by atoms with Gasteiger partial charge in [0.1, 0.15) is 5.54 Å². The van der Waals surface area contributed by atoms with Crippen LogP contribution < -0.4 is 5.32 Å². The van der Waals surface area contributed by atoms with Gasteiger partial charge in [-0.1, -0.05) is 30.3 Å². The topological polar surface area (TPSA) is 69.6 Å². The summed E-state index contributed by atoms with van der Waals surface area (Å²) >= 11 is 0. The van der Waals surface area contributed by atoms with E-state index in [1.807, 2.05) is 30.3 Å². The van der Waals surface area contributed by atoms with E-state index in [0.29, 0.717) is 6.54 Å². The molecule has 0 bridgehead atoms. The number of carboxylic acid groups (broad SMARTS) is 1. The molecule has 104 valence electrons.